The van der Waals surface area contributed by atoms with Gasteiger partial charge in [-0.2, -0.15) is 0 Å². The number of ether oxygens (including phenoxy) is 1. The van der Waals surface area contributed by atoms with Crippen molar-refractivity contribution in [1.29, 1.82) is 0 Å². The smallest absolute Gasteiger partial charge is 0.178 e. The first-order valence-corrected chi connectivity index (χ1v) is 8.77. The maximum absolute atomic E-state index is 12.1. The third-order valence-corrected chi connectivity index (χ3v) is 5.06. The number of rotatable bonds is 7. The molecular formula is C16H17ClO3S. The zero-order chi connectivity index (χ0) is 15.1. The summed E-state index contributed by atoms with van der Waals surface area (Å²) in [5.74, 6) is 0.922. The van der Waals surface area contributed by atoms with Crippen LogP contribution in [-0.2, 0) is 9.84 Å². The molecule has 0 atom stereocenters. The first-order valence-electron chi connectivity index (χ1n) is 6.74. The molecule has 0 radical (unpaired) electrons. The number of halogens is 1. The second-order valence-corrected chi connectivity index (χ2v) is 7.19. The number of para-hydroxylation sites is 1. The van der Waals surface area contributed by atoms with Gasteiger partial charge in [0, 0.05) is 5.02 Å². The van der Waals surface area contributed by atoms with Crippen LogP contribution >= 0.6 is 11.6 Å². The Labute approximate surface area is 130 Å². The molecule has 0 unspecified atom stereocenters. The lowest BCUT2D eigenvalue weighted by Gasteiger charge is -2.07. The van der Waals surface area contributed by atoms with Crippen molar-refractivity contribution in [1.82, 2.24) is 0 Å². The van der Waals surface area contributed by atoms with Crippen LogP contribution in [0.1, 0.15) is 12.8 Å². The highest BCUT2D eigenvalue weighted by Crippen LogP contribution is 2.16. The topological polar surface area (TPSA) is 43.4 Å². The lowest BCUT2D eigenvalue weighted by Crippen LogP contribution is -2.08. The fourth-order valence-corrected chi connectivity index (χ4v) is 3.36. The van der Waals surface area contributed by atoms with E-state index in [9.17, 15) is 8.42 Å². The van der Waals surface area contributed by atoms with Gasteiger partial charge in [-0.3, -0.25) is 0 Å². The Morgan fingerprint density at radius 3 is 2.24 bits per heavy atom. The van der Waals surface area contributed by atoms with Gasteiger partial charge >= 0.3 is 0 Å². The molecule has 0 amide bonds. The van der Waals surface area contributed by atoms with Gasteiger partial charge < -0.3 is 4.74 Å². The summed E-state index contributed by atoms with van der Waals surface area (Å²) in [4.78, 5) is 0.316. The summed E-state index contributed by atoms with van der Waals surface area (Å²) in [7, 11) is -3.24. The average Bonchev–Trinajstić information content (AvgIpc) is 2.48. The molecule has 0 aliphatic rings. The van der Waals surface area contributed by atoms with Crippen molar-refractivity contribution in [2.45, 2.75) is 17.7 Å². The number of hydrogen-bond donors (Lipinski definition) is 0. The van der Waals surface area contributed by atoms with E-state index in [4.69, 9.17) is 16.3 Å². The number of unbranched alkanes of at least 4 members (excludes halogenated alkanes) is 1. The van der Waals surface area contributed by atoms with Gasteiger partial charge in [-0.05, 0) is 49.2 Å². The van der Waals surface area contributed by atoms with Gasteiger partial charge in [-0.15, -0.1) is 0 Å². The van der Waals surface area contributed by atoms with Crippen LogP contribution in [0.4, 0.5) is 0 Å². The zero-order valence-electron chi connectivity index (χ0n) is 11.5. The van der Waals surface area contributed by atoms with Crippen LogP contribution in [-0.4, -0.2) is 20.8 Å². The fourth-order valence-electron chi connectivity index (χ4n) is 1.86. The van der Waals surface area contributed by atoms with Crippen LogP contribution in [0.5, 0.6) is 5.75 Å². The summed E-state index contributed by atoms with van der Waals surface area (Å²) in [5, 5.41) is 0.533. The van der Waals surface area contributed by atoms with Crippen molar-refractivity contribution in [3.05, 3.63) is 59.6 Å². The van der Waals surface area contributed by atoms with Gasteiger partial charge in [0.05, 0.1) is 17.3 Å². The molecule has 0 aliphatic heterocycles. The normalized spacial score (nSPS) is 11.3. The molecule has 3 nitrogen and oxygen atoms in total. The molecule has 2 aromatic carbocycles. The van der Waals surface area contributed by atoms with E-state index in [1.165, 1.54) is 12.1 Å². The minimum Gasteiger partial charge on any atom is -0.494 e. The SMILES string of the molecule is O=S(=O)(CCCCOc1ccccc1)c1ccc(Cl)cc1. The number of sulfone groups is 1. The zero-order valence-corrected chi connectivity index (χ0v) is 13.1. The molecule has 0 aromatic heterocycles. The van der Waals surface area contributed by atoms with Gasteiger partial charge in [-0.25, -0.2) is 8.42 Å². The standard InChI is InChI=1S/C16H17ClO3S/c17-14-8-10-16(11-9-14)21(18,19)13-5-4-12-20-15-6-2-1-3-7-15/h1-3,6-11H,4-5,12-13H2. The second-order valence-electron chi connectivity index (χ2n) is 4.64. The molecule has 2 aromatic rings. The van der Waals surface area contributed by atoms with Crippen LogP contribution in [0.2, 0.25) is 5.02 Å². The van der Waals surface area contributed by atoms with E-state index < -0.39 is 9.84 Å². The van der Waals surface area contributed by atoms with Crippen molar-refractivity contribution in [2.24, 2.45) is 0 Å². The van der Waals surface area contributed by atoms with Crippen molar-refractivity contribution in [3.8, 4) is 5.75 Å². The van der Waals surface area contributed by atoms with Crippen molar-refractivity contribution >= 4 is 21.4 Å². The molecule has 0 saturated heterocycles. The summed E-state index contributed by atoms with van der Waals surface area (Å²) in [6.07, 6.45) is 1.26. The highest BCUT2D eigenvalue weighted by molar-refractivity contribution is 7.91. The van der Waals surface area contributed by atoms with Gasteiger partial charge in [0.25, 0.3) is 0 Å². The maximum Gasteiger partial charge on any atom is 0.178 e. The minimum absolute atomic E-state index is 0.118. The molecule has 112 valence electrons. The second kappa shape index (κ2) is 7.48. The van der Waals surface area contributed by atoms with Gasteiger partial charge in [0.15, 0.2) is 9.84 Å². The van der Waals surface area contributed by atoms with Crippen LogP contribution < -0.4 is 4.74 Å². The van der Waals surface area contributed by atoms with Gasteiger partial charge in [-0.1, -0.05) is 29.8 Å². The molecule has 0 fully saturated rings. The van der Waals surface area contributed by atoms with Crippen molar-refractivity contribution in [2.75, 3.05) is 12.4 Å². The predicted octanol–water partition coefficient (Wildman–Crippen LogP) is 3.97. The highest BCUT2D eigenvalue weighted by Gasteiger charge is 2.13. The third kappa shape index (κ3) is 5.06. The van der Waals surface area contributed by atoms with E-state index >= 15 is 0 Å². The minimum atomic E-state index is -3.24. The molecule has 2 rings (SSSR count). The largest absolute Gasteiger partial charge is 0.494 e. The monoisotopic (exact) mass is 324 g/mol. The molecule has 5 heteroatoms. The quantitative estimate of drug-likeness (QED) is 0.724. The summed E-state index contributed by atoms with van der Waals surface area (Å²) in [6, 6.07) is 15.7. The molecule has 0 bridgehead atoms. The van der Waals surface area contributed by atoms with E-state index in [1.807, 2.05) is 30.3 Å². The Morgan fingerprint density at radius 1 is 0.905 bits per heavy atom. The van der Waals surface area contributed by atoms with Crippen LogP contribution in [0, 0.1) is 0 Å². The first kappa shape index (κ1) is 15.9. The molecule has 0 aliphatic carbocycles. The van der Waals surface area contributed by atoms with E-state index in [1.54, 1.807) is 12.1 Å². The Hall–Kier alpha value is -1.52. The lowest BCUT2D eigenvalue weighted by molar-refractivity contribution is 0.309. The maximum atomic E-state index is 12.1. The Kier molecular flexibility index (Phi) is 5.65. The third-order valence-electron chi connectivity index (χ3n) is 2.99. The van der Waals surface area contributed by atoms with Crippen LogP contribution in [0.3, 0.4) is 0 Å². The number of hydrogen-bond acceptors (Lipinski definition) is 3. The molecule has 0 N–H and O–H groups in total. The predicted molar refractivity (Wildman–Crippen MR) is 84.7 cm³/mol. The summed E-state index contributed by atoms with van der Waals surface area (Å²) in [6.45, 7) is 0.514. The Bertz CT molecular complexity index is 652. The van der Waals surface area contributed by atoms with Crippen LogP contribution in [0.15, 0.2) is 59.5 Å². The number of benzene rings is 2. The van der Waals surface area contributed by atoms with E-state index in [0.29, 0.717) is 29.4 Å². The van der Waals surface area contributed by atoms with E-state index in [-0.39, 0.29) is 5.75 Å². The van der Waals surface area contributed by atoms with E-state index in [0.717, 1.165) is 5.75 Å². The van der Waals surface area contributed by atoms with Crippen molar-refractivity contribution in [3.63, 3.8) is 0 Å². The Balaban J connectivity index is 1.76. The molecular weight excluding hydrogens is 308 g/mol. The summed E-state index contributed by atoms with van der Waals surface area (Å²) >= 11 is 5.75. The molecule has 0 spiro atoms. The first-order chi connectivity index (χ1) is 10.1. The van der Waals surface area contributed by atoms with Gasteiger partial charge in [0.1, 0.15) is 5.75 Å². The fraction of sp³-hybridized carbons (Fsp3) is 0.250. The van der Waals surface area contributed by atoms with Gasteiger partial charge in [0.2, 0.25) is 0 Å². The van der Waals surface area contributed by atoms with E-state index in [2.05, 4.69) is 0 Å². The summed E-state index contributed by atoms with van der Waals surface area (Å²) in [5.41, 5.74) is 0. The van der Waals surface area contributed by atoms with Crippen molar-refractivity contribution < 1.29 is 13.2 Å². The summed E-state index contributed by atoms with van der Waals surface area (Å²) < 4.78 is 29.7. The van der Waals surface area contributed by atoms with Crippen LogP contribution in [0.25, 0.3) is 0 Å². The molecule has 0 heterocycles. The lowest BCUT2D eigenvalue weighted by atomic mass is 10.3. The molecule has 21 heavy (non-hydrogen) atoms. The highest BCUT2D eigenvalue weighted by atomic mass is 35.5. The molecule has 0 saturated carbocycles. The Morgan fingerprint density at radius 2 is 1.57 bits per heavy atom. The average molecular weight is 325 g/mol.